The van der Waals surface area contributed by atoms with Gasteiger partial charge in [0.25, 0.3) is 0 Å². The fraction of sp³-hybridized carbons (Fsp3) is 0.0588. The molecule has 3 heterocycles. The largest absolute Gasteiger partial charge is 0.235 e. The Balaban J connectivity index is 1.42. The molecule has 0 aliphatic carbocycles. The summed E-state index contributed by atoms with van der Waals surface area (Å²) in [6, 6.07) is 18.3. The molecule has 5 nitrogen and oxygen atoms in total. The number of aromatic nitrogens is 5. The number of nitrogens with zero attached hydrogens (tertiary/aromatic N) is 5. The molecule has 25 heavy (non-hydrogen) atoms. The molecule has 0 bridgehead atoms. The normalized spacial score (nSPS) is 11.5. The number of hydrogen-bond donors (Lipinski definition) is 0. The lowest BCUT2D eigenvalue weighted by atomic mass is 10.2. The fourth-order valence-electron chi connectivity index (χ4n) is 2.48. The number of hydrogen-bond acceptors (Lipinski definition) is 7. The second kappa shape index (κ2) is 6.21. The number of fused-ring (bicyclic) bond motifs is 2. The lowest BCUT2D eigenvalue weighted by Gasteiger charge is -1.95. The van der Waals surface area contributed by atoms with Crippen LogP contribution in [0.3, 0.4) is 0 Å². The van der Waals surface area contributed by atoms with Crippen molar-refractivity contribution in [3.05, 3.63) is 60.4 Å². The van der Waals surface area contributed by atoms with Crippen LogP contribution < -0.4 is 0 Å². The molecule has 3 aromatic heterocycles. The van der Waals surface area contributed by atoms with Gasteiger partial charge in [-0.05, 0) is 12.1 Å². The van der Waals surface area contributed by atoms with Gasteiger partial charge in [-0.25, -0.2) is 4.98 Å². The molecule has 5 aromatic rings. The van der Waals surface area contributed by atoms with E-state index in [1.807, 2.05) is 40.9 Å². The van der Waals surface area contributed by atoms with Crippen molar-refractivity contribution < 1.29 is 0 Å². The van der Waals surface area contributed by atoms with Crippen molar-refractivity contribution in [1.82, 2.24) is 24.8 Å². The average molecular weight is 382 g/mol. The minimum absolute atomic E-state index is 0.693. The van der Waals surface area contributed by atoms with E-state index in [2.05, 4.69) is 38.5 Å². The summed E-state index contributed by atoms with van der Waals surface area (Å²) in [6.45, 7) is 0. The SMILES string of the molecule is c1ccc(-c2nn3c(CSc4nc5ccccc5s4)nnc3s2)cc1. The molecule has 0 radical (unpaired) electrons. The smallest absolute Gasteiger partial charge is 0.230 e. The van der Waals surface area contributed by atoms with E-state index in [1.54, 1.807) is 34.4 Å². The molecule has 0 amide bonds. The second-order valence-electron chi connectivity index (χ2n) is 5.32. The topological polar surface area (TPSA) is 56.0 Å². The van der Waals surface area contributed by atoms with E-state index in [4.69, 9.17) is 0 Å². The molecule has 0 aliphatic rings. The fourth-order valence-corrected chi connectivity index (χ4v) is 5.32. The quantitative estimate of drug-likeness (QED) is 0.420. The maximum Gasteiger partial charge on any atom is 0.235 e. The van der Waals surface area contributed by atoms with Gasteiger partial charge < -0.3 is 0 Å². The molecule has 2 aromatic carbocycles. The van der Waals surface area contributed by atoms with Gasteiger partial charge in [-0.2, -0.15) is 9.61 Å². The zero-order chi connectivity index (χ0) is 16.6. The molecule has 0 atom stereocenters. The van der Waals surface area contributed by atoms with Crippen LogP contribution in [0.15, 0.2) is 58.9 Å². The Morgan fingerprint density at radius 3 is 2.64 bits per heavy atom. The highest BCUT2D eigenvalue weighted by Gasteiger charge is 2.14. The van der Waals surface area contributed by atoms with Crippen LogP contribution >= 0.6 is 34.4 Å². The van der Waals surface area contributed by atoms with E-state index in [-0.39, 0.29) is 0 Å². The first-order valence-corrected chi connectivity index (χ1v) is 10.2. The zero-order valence-corrected chi connectivity index (χ0v) is 15.3. The van der Waals surface area contributed by atoms with Gasteiger partial charge in [-0.3, -0.25) is 0 Å². The van der Waals surface area contributed by atoms with E-state index in [0.717, 1.165) is 31.2 Å². The molecule has 0 saturated heterocycles. The summed E-state index contributed by atoms with van der Waals surface area (Å²) in [4.78, 5) is 5.47. The van der Waals surface area contributed by atoms with E-state index in [1.165, 1.54) is 4.70 Å². The number of thiazole rings is 1. The van der Waals surface area contributed by atoms with Crippen LogP contribution in [0.1, 0.15) is 5.82 Å². The molecule has 0 saturated carbocycles. The number of rotatable bonds is 4. The van der Waals surface area contributed by atoms with Crippen LogP contribution in [-0.4, -0.2) is 24.8 Å². The van der Waals surface area contributed by atoms with Gasteiger partial charge in [0.05, 0.1) is 16.0 Å². The van der Waals surface area contributed by atoms with Gasteiger partial charge in [0.15, 0.2) is 10.2 Å². The number of thioether (sulfide) groups is 1. The number of benzene rings is 2. The Morgan fingerprint density at radius 2 is 1.76 bits per heavy atom. The highest BCUT2D eigenvalue weighted by atomic mass is 32.2. The van der Waals surface area contributed by atoms with Gasteiger partial charge in [0.1, 0.15) is 5.01 Å². The first-order valence-electron chi connectivity index (χ1n) is 7.62. The maximum atomic E-state index is 4.68. The van der Waals surface area contributed by atoms with E-state index in [0.29, 0.717) is 5.75 Å². The highest BCUT2D eigenvalue weighted by molar-refractivity contribution is 8.00. The molecular weight excluding hydrogens is 370 g/mol. The van der Waals surface area contributed by atoms with Gasteiger partial charge in [0, 0.05) is 5.56 Å². The van der Waals surface area contributed by atoms with Crippen molar-refractivity contribution in [1.29, 1.82) is 0 Å². The third kappa shape index (κ3) is 2.82. The molecule has 0 N–H and O–H groups in total. The van der Waals surface area contributed by atoms with E-state index in [9.17, 15) is 0 Å². The van der Waals surface area contributed by atoms with Crippen molar-refractivity contribution >= 4 is 49.6 Å². The van der Waals surface area contributed by atoms with Gasteiger partial charge in [-0.1, -0.05) is 65.6 Å². The average Bonchev–Trinajstić information content (AvgIpc) is 3.34. The molecule has 0 unspecified atom stereocenters. The summed E-state index contributed by atoms with van der Waals surface area (Å²) in [5.74, 6) is 1.54. The van der Waals surface area contributed by atoms with Gasteiger partial charge in [0.2, 0.25) is 4.96 Å². The van der Waals surface area contributed by atoms with Crippen molar-refractivity contribution in [2.75, 3.05) is 0 Å². The summed E-state index contributed by atoms with van der Waals surface area (Å²) < 4.78 is 4.08. The zero-order valence-electron chi connectivity index (χ0n) is 12.9. The maximum absolute atomic E-state index is 4.68. The van der Waals surface area contributed by atoms with E-state index >= 15 is 0 Å². The Morgan fingerprint density at radius 1 is 0.920 bits per heavy atom. The third-order valence-corrected chi connectivity index (χ3v) is 6.80. The standard InChI is InChI=1S/C17H11N5S3/c1-2-6-11(7-3-1)15-21-22-14(19-20-16(22)25-15)10-23-17-18-12-8-4-5-9-13(12)24-17/h1-9H,10H2. The van der Waals surface area contributed by atoms with Crippen LogP contribution in [0, 0.1) is 0 Å². The highest BCUT2D eigenvalue weighted by Crippen LogP contribution is 2.32. The molecule has 8 heteroatoms. The first kappa shape index (κ1) is 15.0. The lowest BCUT2D eigenvalue weighted by molar-refractivity contribution is 0.887. The van der Waals surface area contributed by atoms with Crippen LogP contribution in [0.4, 0.5) is 0 Å². The Kier molecular flexibility index (Phi) is 3.73. The first-order chi connectivity index (χ1) is 12.4. The van der Waals surface area contributed by atoms with Crippen molar-refractivity contribution in [2.45, 2.75) is 10.1 Å². The molecule has 0 spiro atoms. The van der Waals surface area contributed by atoms with E-state index < -0.39 is 0 Å². The minimum Gasteiger partial charge on any atom is -0.230 e. The summed E-state index contributed by atoms with van der Waals surface area (Å²) in [5.41, 5.74) is 2.14. The van der Waals surface area contributed by atoms with Gasteiger partial charge >= 0.3 is 0 Å². The van der Waals surface area contributed by atoms with Crippen LogP contribution in [0.2, 0.25) is 0 Å². The molecule has 0 aliphatic heterocycles. The molecule has 122 valence electrons. The summed E-state index contributed by atoms with van der Waals surface area (Å²) in [7, 11) is 0. The molecule has 0 fully saturated rings. The predicted octanol–water partition coefficient (Wildman–Crippen LogP) is 4.75. The summed E-state index contributed by atoms with van der Waals surface area (Å²) >= 11 is 4.93. The third-order valence-electron chi connectivity index (χ3n) is 3.68. The summed E-state index contributed by atoms with van der Waals surface area (Å²) in [5, 5.41) is 14.2. The van der Waals surface area contributed by atoms with Crippen LogP contribution in [0.25, 0.3) is 25.7 Å². The monoisotopic (exact) mass is 381 g/mol. The van der Waals surface area contributed by atoms with Crippen LogP contribution in [0.5, 0.6) is 0 Å². The summed E-state index contributed by atoms with van der Waals surface area (Å²) in [6.07, 6.45) is 0. The van der Waals surface area contributed by atoms with Gasteiger partial charge in [-0.15, -0.1) is 21.5 Å². The molecular formula is C17H11N5S3. The lowest BCUT2D eigenvalue weighted by Crippen LogP contribution is -1.93. The van der Waals surface area contributed by atoms with Crippen molar-refractivity contribution in [3.8, 4) is 10.6 Å². The van der Waals surface area contributed by atoms with Crippen molar-refractivity contribution in [3.63, 3.8) is 0 Å². The minimum atomic E-state index is 0.693. The second-order valence-corrected chi connectivity index (χ2v) is 8.53. The Labute approximate surface area is 155 Å². The number of para-hydroxylation sites is 1. The molecule has 5 rings (SSSR count). The van der Waals surface area contributed by atoms with Crippen molar-refractivity contribution in [2.24, 2.45) is 0 Å². The Bertz CT molecular complexity index is 1130. The Hall–Kier alpha value is -2.29. The predicted molar refractivity (Wildman–Crippen MR) is 103 cm³/mol. The van der Waals surface area contributed by atoms with Crippen LogP contribution in [-0.2, 0) is 5.75 Å².